The van der Waals surface area contributed by atoms with Gasteiger partial charge in [-0.2, -0.15) is 4.98 Å². The van der Waals surface area contributed by atoms with Crippen molar-refractivity contribution in [3.05, 3.63) is 70.4 Å². The van der Waals surface area contributed by atoms with Crippen molar-refractivity contribution in [3.8, 4) is 28.4 Å². The minimum Gasteiger partial charge on any atom is -0.484 e. The van der Waals surface area contributed by atoms with Crippen molar-refractivity contribution < 1.29 is 9.26 Å². The van der Waals surface area contributed by atoms with Gasteiger partial charge < -0.3 is 9.26 Å². The molecule has 0 radical (unpaired) electrons. The van der Waals surface area contributed by atoms with E-state index in [2.05, 4.69) is 20.5 Å². The Morgan fingerprint density at radius 3 is 2.54 bits per heavy atom. The molecule has 26 heavy (non-hydrogen) atoms. The molecule has 2 heterocycles. The Balaban J connectivity index is 1.45. The Morgan fingerprint density at radius 2 is 1.81 bits per heavy atom. The first-order chi connectivity index (χ1) is 12.7. The SMILES string of the molecule is Cc1cccc(OCc2nc(-c3ccc(-c4csc(C)n4)cc3)no2)c1. The van der Waals surface area contributed by atoms with Gasteiger partial charge in [-0.25, -0.2) is 4.98 Å². The number of thiazole rings is 1. The molecule has 0 spiro atoms. The lowest BCUT2D eigenvalue weighted by atomic mass is 10.1. The minimum absolute atomic E-state index is 0.243. The molecule has 0 fully saturated rings. The quantitative estimate of drug-likeness (QED) is 0.496. The second-order valence-electron chi connectivity index (χ2n) is 5.95. The van der Waals surface area contributed by atoms with E-state index in [0.717, 1.165) is 33.1 Å². The summed E-state index contributed by atoms with van der Waals surface area (Å²) in [6.45, 7) is 4.27. The zero-order valence-corrected chi connectivity index (χ0v) is 15.3. The number of aryl methyl sites for hydroxylation is 2. The molecule has 0 aliphatic carbocycles. The van der Waals surface area contributed by atoms with Crippen LogP contribution in [0.5, 0.6) is 5.75 Å². The van der Waals surface area contributed by atoms with Crippen molar-refractivity contribution in [1.82, 2.24) is 15.1 Å². The summed E-state index contributed by atoms with van der Waals surface area (Å²) in [6, 6.07) is 15.8. The topological polar surface area (TPSA) is 61.0 Å². The van der Waals surface area contributed by atoms with Crippen molar-refractivity contribution in [2.45, 2.75) is 20.5 Å². The summed E-state index contributed by atoms with van der Waals surface area (Å²) in [4.78, 5) is 8.91. The summed E-state index contributed by atoms with van der Waals surface area (Å²) in [5.74, 6) is 1.78. The molecule has 0 saturated carbocycles. The third kappa shape index (κ3) is 3.65. The molecule has 0 aliphatic heterocycles. The predicted molar refractivity (Wildman–Crippen MR) is 101 cm³/mol. The molecular formula is C20H17N3O2S. The van der Waals surface area contributed by atoms with Crippen LogP contribution in [-0.2, 0) is 6.61 Å². The molecular weight excluding hydrogens is 346 g/mol. The lowest BCUT2D eigenvalue weighted by Gasteiger charge is -2.03. The lowest BCUT2D eigenvalue weighted by molar-refractivity contribution is 0.243. The molecule has 0 atom stereocenters. The van der Waals surface area contributed by atoms with Crippen molar-refractivity contribution in [2.75, 3.05) is 0 Å². The van der Waals surface area contributed by atoms with Gasteiger partial charge in [0.15, 0.2) is 6.61 Å². The van der Waals surface area contributed by atoms with E-state index >= 15 is 0 Å². The van der Waals surface area contributed by atoms with Crippen molar-refractivity contribution in [2.24, 2.45) is 0 Å². The smallest absolute Gasteiger partial charge is 0.264 e. The van der Waals surface area contributed by atoms with Crippen molar-refractivity contribution in [3.63, 3.8) is 0 Å². The summed E-state index contributed by atoms with van der Waals surface area (Å²) in [7, 11) is 0. The number of rotatable bonds is 5. The standard InChI is InChI=1S/C20H17N3O2S/c1-13-4-3-5-17(10-13)24-11-19-22-20(23-25-19)16-8-6-15(7-9-16)18-12-26-14(2)21-18/h3-10,12H,11H2,1-2H3. The second kappa shape index (κ2) is 7.09. The molecule has 0 N–H and O–H groups in total. The lowest BCUT2D eigenvalue weighted by Crippen LogP contribution is -1.95. The van der Waals surface area contributed by atoms with E-state index in [4.69, 9.17) is 9.26 Å². The van der Waals surface area contributed by atoms with Crippen LogP contribution >= 0.6 is 11.3 Å². The number of nitrogens with zero attached hydrogens (tertiary/aromatic N) is 3. The molecule has 4 aromatic rings. The Bertz CT molecular complexity index is 1020. The van der Waals surface area contributed by atoms with Gasteiger partial charge in [0.25, 0.3) is 5.89 Å². The zero-order valence-electron chi connectivity index (χ0n) is 14.5. The fourth-order valence-electron chi connectivity index (χ4n) is 2.57. The van der Waals surface area contributed by atoms with Gasteiger partial charge in [0.05, 0.1) is 10.7 Å². The third-order valence-corrected chi connectivity index (χ3v) is 4.65. The van der Waals surface area contributed by atoms with Crippen LogP contribution in [0.1, 0.15) is 16.5 Å². The van der Waals surface area contributed by atoms with Crippen LogP contribution in [0.25, 0.3) is 22.6 Å². The van der Waals surface area contributed by atoms with Gasteiger partial charge in [0, 0.05) is 16.5 Å². The summed E-state index contributed by atoms with van der Waals surface area (Å²) in [5, 5.41) is 7.15. The number of hydrogen-bond donors (Lipinski definition) is 0. The van der Waals surface area contributed by atoms with Crippen LogP contribution in [0.3, 0.4) is 0 Å². The van der Waals surface area contributed by atoms with E-state index in [1.54, 1.807) is 11.3 Å². The summed E-state index contributed by atoms with van der Waals surface area (Å²) < 4.78 is 11.0. The molecule has 4 rings (SSSR count). The van der Waals surface area contributed by atoms with Crippen LogP contribution in [0.2, 0.25) is 0 Å². The Morgan fingerprint density at radius 1 is 1.00 bits per heavy atom. The van der Waals surface area contributed by atoms with E-state index < -0.39 is 0 Å². The number of aromatic nitrogens is 3. The normalized spacial score (nSPS) is 10.8. The number of ether oxygens (including phenoxy) is 1. The first-order valence-electron chi connectivity index (χ1n) is 8.22. The third-order valence-electron chi connectivity index (χ3n) is 3.88. The first-order valence-corrected chi connectivity index (χ1v) is 9.10. The monoisotopic (exact) mass is 363 g/mol. The largest absolute Gasteiger partial charge is 0.484 e. The van der Waals surface area contributed by atoms with Crippen LogP contribution in [0, 0.1) is 13.8 Å². The van der Waals surface area contributed by atoms with Gasteiger partial charge in [-0.15, -0.1) is 11.3 Å². The Labute approximate surface area is 155 Å². The highest BCUT2D eigenvalue weighted by Gasteiger charge is 2.10. The molecule has 2 aromatic carbocycles. The molecule has 2 aromatic heterocycles. The van der Waals surface area contributed by atoms with E-state index in [-0.39, 0.29) is 6.61 Å². The van der Waals surface area contributed by atoms with Crippen molar-refractivity contribution >= 4 is 11.3 Å². The van der Waals surface area contributed by atoms with Crippen LogP contribution in [-0.4, -0.2) is 15.1 Å². The van der Waals surface area contributed by atoms with E-state index in [1.165, 1.54) is 0 Å². The van der Waals surface area contributed by atoms with Crippen LogP contribution in [0.4, 0.5) is 0 Å². The van der Waals surface area contributed by atoms with E-state index in [9.17, 15) is 0 Å². The van der Waals surface area contributed by atoms with Gasteiger partial charge in [-0.3, -0.25) is 0 Å². The van der Waals surface area contributed by atoms with Gasteiger partial charge >= 0.3 is 0 Å². The van der Waals surface area contributed by atoms with Gasteiger partial charge in [-0.05, 0) is 31.5 Å². The molecule has 0 saturated heterocycles. The van der Waals surface area contributed by atoms with Crippen molar-refractivity contribution in [1.29, 1.82) is 0 Å². The highest BCUT2D eigenvalue weighted by atomic mass is 32.1. The maximum absolute atomic E-state index is 5.70. The molecule has 0 unspecified atom stereocenters. The zero-order chi connectivity index (χ0) is 17.9. The maximum Gasteiger partial charge on any atom is 0.264 e. The fraction of sp³-hybridized carbons (Fsp3) is 0.150. The van der Waals surface area contributed by atoms with Gasteiger partial charge in [0.1, 0.15) is 5.75 Å². The Kier molecular flexibility index (Phi) is 4.50. The van der Waals surface area contributed by atoms with Gasteiger partial charge in [-0.1, -0.05) is 41.6 Å². The molecule has 0 amide bonds. The van der Waals surface area contributed by atoms with E-state index in [1.807, 2.05) is 62.4 Å². The molecule has 6 heteroatoms. The van der Waals surface area contributed by atoms with Gasteiger partial charge in [0.2, 0.25) is 5.82 Å². The summed E-state index contributed by atoms with van der Waals surface area (Å²) >= 11 is 1.64. The highest BCUT2D eigenvalue weighted by molar-refractivity contribution is 7.09. The molecule has 130 valence electrons. The summed E-state index contributed by atoms with van der Waals surface area (Å²) in [5.41, 5.74) is 4.10. The fourth-order valence-corrected chi connectivity index (χ4v) is 3.19. The molecule has 0 aliphatic rings. The summed E-state index contributed by atoms with van der Waals surface area (Å²) in [6.07, 6.45) is 0. The average Bonchev–Trinajstić information content (AvgIpc) is 3.29. The average molecular weight is 363 g/mol. The first kappa shape index (κ1) is 16.5. The molecule has 5 nitrogen and oxygen atoms in total. The maximum atomic E-state index is 5.70. The highest BCUT2D eigenvalue weighted by Crippen LogP contribution is 2.24. The van der Waals surface area contributed by atoms with Crippen LogP contribution in [0.15, 0.2) is 58.4 Å². The predicted octanol–water partition coefficient (Wildman–Crippen LogP) is 5.06. The minimum atomic E-state index is 0.243. The van der Waals surface area contributed by atoms with Crippen LogP contribution < -0.4 is 4.74 Å². The Hall–Kier alpha value is -2.99. The molecule has 0 bridgehead atoms. The van der Waals surface area contributed by atoms with E-state index in [0.29, 0.717) is 11.7 Å². The number of benzene rings is 2. The second-order valence-corrected chi connectivity index (χ2v) is 7.01. The number of hydrogen-bond acceptors (Lipinski definition) is 6.